The van der Waals surface area contributed by atoms with Gasteiger partial charge < -0.3 is 4.74 Å². The molecule has 0 radical (unpaired) electrons. The number of hydrogen-bond donors (Lipinski definition) is 0. The second-order valence-electron chi connectivity index (χ2n) is 5.28. The highest BCUT2D eigenvalue weighted by molar-refractivity contribution is 9.10. The topological polar surface area (TPSA) is 43.1 Å². The largest absolute Gasteiger partial charge is 0.497 e. The molecule has 0 aliphatic heterocycles. The molecule has 0 unspecified atom stereocenters. The lowest BCUT2D eigenvalue weighted by Crippen LogP contribution is -2.37. The predicted octanol–water partition coefficient (Wildman–Crippen LogP) is 4.27. The second-order valence-corrected chi connectivity index (χ2v) is 6.19. The Morgan fingerprint density at radius 3 is 2.32 bits per heavy atom. The highest BCUT2D eigenvalue weighted by Gasteiger charge is 2.12. The van der Waals surface area contributed by atoms with Gasteiger partial charge in [0, 0.05) is 21.7 Å². The molecule has 25 heavy (non-hydrogen) atoms. The number of halogens is 2. The lowest BCUT2D eigenvalue weighted by molar-refractivity contribution is -0.686. The molecule has 0 N–H and O–H groups in total. The second kappa shape index (κ2) is 8.87. The molecule has 0 amide bonds. The van der Waals surface area contributed by atoms with Crippen LogP contribution in [0, 0.1) is 0 Å². The van der Waals surface area contributed by atoms with Crippen molar-refractivity contribution in [1.82, 2.24) is 4.98 Å². The van der Waals surface area contributed by atoms with E-state index in [0.29, 0.717) is 5.56 Å². The molecule has 0 atom stereocenters. The Morgan fingerprint density at radius 1 is 1.08 bits per heavy atom. The molecule has 0 saturated carbocycles. The van der Waals surface area contributed by atoms with Crippen molar-refractivity contribution in [3.8, 4) is 17.0 Å². The third-order valence-corrected chi connectivity index (χ3v) is 4.18. The SMILES string of the molecule is Br.COc1ccc(-c2cc[n+](CC(=O)c3ccc(Br)cc3)cn2)cc1. The summed E-state index contributed by atoms with van der Waals surface area (Å²) >= 11 is 3.37. The van der Waals surface area contributed by atoms with Crippen molar-refractivity contribution in [2.75, 3.05) is 7.11 Å². The first kappa shape index (κ1) is 19.3. The molecule has 0 fully saturated rings. The summed E-state index contributed by atoms with van der Waals surface area (Å²) in [5, 5.41) is 0. The van der Waals surface area contributed by atoms with Gasteiger partial charge in [0.25, 0.3) is 6.33 Å². The van der Waals surface area contributed by atoms with Gasteiger partial charge in [0.1, 0.15) is 5.75 Å². The predicted molar refractivity (Wildman–Crippen MR) is 105 cm³/mol. The third kappa shape index (κ3) is 4.96. The average molecular weight is 465 g/mol. The van der Waals surface area contributed by atoms with E-state index >= 15 is 0 Å². The molecule has 0 saturated heterocycles. The van der Waals surface area contributed by atoms with Crippen LogP contribution in [0.15, 0.2) is 71.6 Å². The number of methoxy groups -OCH3 is 1. The average Bonchev–Trinajstić information content (AvgIpc) is 2.63. The smallest absolute Gasteiger partial charge is 0.287 e. The van der Waals surface area contributed by atoms with E-state index < -0.39 is 0 Å². The van der Waals surface area contributed by atoms with E-state index in [1.165, 1.54) is 0 Å². The fourth-order valence-corrected chi connectivity index (χ4v) is 2.57. The number of benzene rings is 2. The van der Waals surface area contributed by atoms with Crippen LogP contribution in [-0.2, 0) is 6.54 Å². The summed E-state index contributed by atoms with van der Waals surface area (Å²) < 4.78 is 7.88. The van der Waals surface area contributed by atoms with E-state index in [9.17, 15) is 4.79 Å². The normalized spacial score (nSPS) is 10.0. The number of ether oxygens (including phenoxy) is 1. The standard InChI is InChI=1S/C19H16BrN2O2.BrH/c1-24-17-8-4-14(5-9-17)18-10-11-22(13-21-18)12-19(23)15-2-6-16(20)7-3-15;/h2-11,13H,12H2,1H3;1H/q+1;. The van der Waals surface area contributed by atoms with Gasteiger partial charge in [0.2, 0.25) is 5.78 Å². The zero-order valence-corrected chi connectivity index (χ0v) is 16.9. The molecular formula is C19H17Br2N2O2+. The minimum absolute atomic E-state index is 0. The number of nitrogens with zero attached hydrogens (tertiary/aromatic N) is 2. The maximum atomic E-state index is 12.3. The van der Waals surface area contributed by atoms with E-state index in [4.69, 9.17) is 4.74 Å². The van der Waals surface area contributed by atoms with Crippen LogP contribution in [0.5, 0.6) is 5.75 Å². The molecule has 0 aliphatic rings. The van der Waals surface area contributed by atoms with E-state index in [0.717, 1.165) is 21.5 Å². The van der Waals surface area contributed by atoms with E-state index in [-0.39, 0.29) is 29.3 Å². The van der Waals surface area contributed by atoms with E-state index in [1.807, 2.05) is 60.8 Å². The number of rotatable bonds is 5. The number of hydrogen-bond acceptors (Lipinski definition) is 3. The van der Waals surface area contributed by atoms with Crippen molar-refractivity contribution in [1.29, 1.82) is 0 Å². The molecule has 0 spiro atoms. The molecule has 6 heteroatoms. The number of aromatic nitrogens is 2. The van der Waals surface area contributed by atoms with Gasteiger partial charge in [0.15, 0.2) is 12.2 Å². The zero-order chi connectivity index (χ0) is 16.9. The van der Waals surface area contributed by atoms with Crippen molar-refractivity contribution in [2.45, 2.75) is 6.54 Å². The molecule has 1 heterocycles. The highest BCUT2D eigenvalue weighted by Crippen LogP contribution is 2.19. The molecule has 1 aromatic heterocycles. The Kier molecular flexibility index (Phi) is 6.84. The molecule has 0 bridgehead atoms. The monoisotopic (exact) mass is 463 g/mol. The Hall–Kier alpha value is -2.05. The minimum Gasteiger partial charge on any atom is -0.497 e. The Balaban J connectivity index is 0.00000225. The van der Waals surface area contributed by atoms with Crippen molar-refractivity contribution >= 4 is 38.7 Å². The highest BCUT2D eigenvalue weighted by atomic mass is 79.9. The molecule has 3 rings (SSSR count). The first-order chi connectivity index (χ1) is 11.7. The first-order valence-corrected chi connectivity index (χ1v) is 8.23. The van der Waals surface area contributed by atoms with Gasteiger partial charge in [-0.15, -0.1) is 17.0 Å². The van der Waals surface area contributed by atoms with Crippen LogP contribution in [0.25, 0.3) is 11.3 Å². The summed E-state index contributed by atoms with van der Waals surface area (Å²) in [6, 6.07) is 17.0. The van der Waals surface area contributed by atoms with Crippen molar-refractivity contribution in [3.63, 3.8) is 0 Å². The van der Waals surface area contributed by atoms with Crippen LogP contribution in [0.3, 0.4) is 0 Å². The van der Waals surface area contributed by atoms with Gasteiger partial charge in [-0.1, -0.05) is 28.1 Å². The molecular weight excluding hydrogens is 448 g/mol. The van der Waals surface area contributed by atoms with Crippen LogP contribution >= 0.6 is 32.9 Å². The zero-order valence-electron chi connectivity index (χ0n) is 13.6. The summed E-state index contributed by atoms with van der Waals surface area (Å²) in [4.78, 5) is 16.7. The molecule has 3 aromatic rings. The fraction of sp³-hybridized carbons (Fsp3) is 0.105. The van der Waals surface area contributed by atoms with Crippen molar-refractivity contribution < 1.29 is 14.1 Å². The van der Waals surface area contributed by atoms with E-state index in [1.54, 1.807) is 18.0 Å². The third-order valence-electron chi connectivity index (χ3n) is 3.65. The van der Waals surface area contributed by atoms with Crippen LogP contribution < -0.4 is 9.30 Å². The van der Waals surface area contributed by atoms with Crippen molar-refractivity contribution in [2.24, 2.45) is 0 Å². The van der Waals surface area contributed by atoms with Crippen LogP contribution in [0.4, 0.5) is 0 Å². The number of carbonyl (C=O) groups is 1. The maximum absolute atomic E-state index is 12.3. The lowest BCUT2D eigenvalue weighted by atomic mass is 10.1. The number of Topliss-reactive ketones (excluding diaryl/α,β-unsaturated/α-hetero) is 1. The minimum atomic E-state index is 0. The Labute approximate surface area is 165 Å². The molecule has 4 nitrogen and oxygen atoms in total. The molecule has 2 aromatic carbocycles. The lowest BCUT2D eigenvalue weighted by Gasteiger charge is -2.02. The quantitative estimate of drug-likeness (QED) is 0.418. The molecule has 128 valence electrons. The van der Waals surface area contributed by atoms with Gasteiger partial charge in [-0.3, -0.25) is 4.79 Å². The number of carbonyl (C=O) groups excluding carboxylic acids is 1. The number of ketones is 1. The summed E-state index contributed by atoms with van der Waals surface area (Å²) in [5.41, 5.74) is 2.54. The summed E-state index contributed by atoms with van der Waals surface area (Å²) in [5.74, 6) is 0.858. The van der Waals surface area contributed by atoms with Crippen molar-refractivity contribution in [3.05, 3.63) is 77.2 Å². The van der Waals surface area contributed by atoms with Gasteiger partial charge in [-0.2, -0.15) is 0 Å². The summed E-state index contributed by atoms with van der Waals surface area (Å²) in [7, 11) is 1.64. The van der Waals surface area contributed by atoms with Crippen LogP contribution in [-0.4, -0.2) is 17.9 Å². The van der Waals surface area contributed by atoms with Crippen LogP contribution in [0.1, 0.15) is 10.4 Å². The van der Waals surface area contributed by atoms with Gasteiger partial charge in [-0.05, 0) is 41.4 Å². The summed E-state index contributed by atoms with van der Waals surface area (Å²) in [6.07, 6.45) is 3.54. The van der Waals surface area contributed by atoms with Gasteiger partial charge in [0.05, 0.1) is 13.3 Å². The molecule has 0 aliphatic carbocycles. The maximum Gasteiger partial charge on any atom is 0.287 e. The van der Waals surface area contributed by atoms with E-state index in [2.05, 4.69) is 20.9 Å². The summed E-state index contributed by atoms with van der Waals surface area (Å²) in [6.45, 7) is 0.261. The Bertz CT molecular complexity index is 833. The van der Waals surface area contributed by atoms with Gasteiger partial charge in [-0.25, -0.2) is 4.57 Å². The van der Waals surface area contributed by atoms with Crippen LogP contribution in [0.2, 0.25) is 0 Å². The Morgan fingerprint density at radius 2 is 1.76 bits per heavy atom. The first-order valence-electron chi connectivity index (χ1n) is 7.44. The fourth-order valence-electron chi connectivity index (χ4n) is 2.30. The van der Waals surface area contributed by atoms with Gasteiger partial charge >= 0.3 is 0 Å².